The van der Waals surface area contributed by atoms with Gasteiger partial charge >= 0.3 is 5.97 Å². The summed E-state index contributed by atoms with van der Waals surface area (Å²) in [6.45, 7) is 1.40. The molecule has 1 aliphatic rings. The third-order valence-electron chi connectivity index (χ3n) is 3.92. The van der Waals surface area contributed by atoms with E-state index in [0.29, 0.717) is 6.42 Å². The first-order valence-corrected chi connectivity index (χ1v) is 9.47. The Labute approximate surface area is 145 Å². The van der Waals surface area contributed by atoms with Gasteiger partial charge in [0, 0.05) is 18.1 Å². The Balaban J connectivity index is 2.02. The van der Waals surface area contributed by atoms with E-state index in [1.165, 1.54) is 37.1 Å². The van der Waals surface area contributed by atoms with Gasteiger partial charge in [0.15, 0.2) is 15.9 Å². The number of nitrogens with zero attached hydrogens (tertiary/aromatic N) is 1. The van der Waals surface area contributed by atoms with E-state index in [2.05, 4.69) is 0 Å². The lowest BCUT2D eigenvalue weighted by atomic mass is 10.2. The number of aromatic hydroxyl groups is 1. The number of sulfone groups is 1. The van der Waals surface area contributed by atoms with Crippen LogP contribution < -0.4 is 0 Å². The quantitative estimate of drug-likeness (QED) is 0.794. The molecule has 0 spiro atoms. The number of halogens is 1. The lowest BCUT2D eigenvalue weighted by Gasteiger charge is -2.26. The number of hydrogen-bond donors (Lipinski definition) is 1. The summed E-state index contributed by atoms with van der Waals surface area (Å²) in [5, 5.41) is 9.96. The largest absolute Gasteiger partial charge is 0.507 e. The number of likely N-dealkylation sites (N-methyl/N-ethyl adjacent to an activating group) is 1. The van der Waals surface area contributed by atoms with Crippen molar-refractivity contribution in [2.75, 3.05) is 18.6 Å². The molecular formula is C15H18ClNO6S. The summed E-state index contributed by atoms with van der Waals surface area (Å²) in [7, 11) is -1.64. The van der Waals surface area contributed by atoms with Crippen LogP contribution in [0.3, 0.4) is 0 Å². The summed E-state index contributed by atoms with van der Waals surface area (Å²) in [5.41, 5.74) is -0.106. The summed E-state index contributed by atoms with van der Waals surface area (Å²) in [6, 6.07) is 3.48. The van der Waals surface area contributed by atoms with E-state index in [0.717, 1.165) is 0 Å². The number of carbonyl (C=O) groups excluding carboxylic acids is 2. The van der Waals surface area contributed by atoms with Crippen LogP contribution in [0.2, 0.25) is 5.02 Å². The molecule has 9 heteroatoms. The van der Waals surface area contributed by atoms with Crippen LogP contribution in [-0.4, -0.2) is 61.0 Å². The number of hydrogen-bond acceptors (Lipinski definition) is 6. The minimum atomic E-state index is -3.12. The molecule has 1 heterocycles. The molecule has 0 unspecified atom stereocenters. The maximum atomic E-state index is 12.3. The average molecular weight is 376 g/mol. The van der Waals surface area contributed by atoms with Crippen molar-refractivity contribution in [1.29, 1.82) is 0 Å². The SMILES string of the molecule is C[C@@H](OC(=O)c1ccc(Cl)cc1O)C(=O)N(C)[C@H]1CCS(=O)(=O)C1. The topological polar surface area (TPSA) is 101 Å². The van der Waals surface area contributed by atoms with E-state index in [-0.39, 0.29) is 27.8 Å². The highest BCUT2D eigenvalue weighted by Gasteiger charge is 2.35. The van der Waals surface area contributed by atoms with Crippen molar-refractivity contribution >= 4 is 33.3 Å². The van der Waals surface area contributed by atoms with Crippen LogP contribution in [0.15, 0.2) is 18.2 Å². The summed E-state index contributed by atoms with van der Waals surface area (Å²) in [4.78, 5) is 25.7. The fraction of sp³-hybridized carbons (Fsp3) is 0.467. The van der Waals surface area contributed by atoms with Crippen LogP contribution in [0.4, 0.5) is 0 Å². The molecule has 0 aliphatic carbocycles. The standard InChI is InChI=1S/C15H18ClNO6S/c1-9(14(19)17(2)11-5-6-24(21,22)8-11)23-15(20)12-4-3-10(16)7-13(12)18/h3-4,7,9,11,18H,5-6,8H2,1-2H3/t9-,11+/m1/s1. The molecule has 0 bridgehead atoms. The zero-order valence-corrected chi connectivity index (χ0v) is 14.8. The average Bonchev–Trinajstić information content (AvgIpc) is 2.85. The number of benzene rings is 1. The van der Waals surface area contributed by atoms with Gasteiger partial charge < -0.3 is 14.7 Å². The fourth-order valence-electron chi connectivity index (χ4n) is 2.50. The highest BCUT2D eigenvalue weighted by Crippen LogP contribution is 2.23. The number of phenolic OH excluding ortho intramolecular Hbond substituents is 1. The molecule has 0 aromatic heterocycles. The molecule has 2 atom stereocenters. The molecule has 1 saturated heterocycles. The third-order valence-corrected chi connectivity index (χ3v) is 5.90. The Morgan fingerprint density at radius 3 is 2.62 bits per heavy atom. The van der Waals surface area contributed by atoms with E-state index >= 15 is 0 Å². The Hall–Kier alpha value is -1.80. The van der Waals surface area contributed by atoms with Crippen LogP contribution in [-0.2, 0) is 19.4 Å². The van der Waals surface area contributed by atoms with Crippen molar-refractivity contribution in [3.8, 4) is 5.75 Å². The fourth-order valence-corrected chi connectivity index (χ4v) is 4.44. The maximum Gasteiger partial charge on any atom is 0.342 e. The summed E-state index contributed by atoms with van der Waals surface area (Å²) < 4.78 is 28.1. The van der Waals surface area contributed by atoms with Gasteiger partial charge in [-0.05, 0) is 31.5 Å². The van der Waals surface area contributed by atoms with Crippen molar-refractivity contribution in [3.63, 3.8) is 0 Å². The minimum absolute atomic E-state index is 0.0438. The highest BCUT2D eigenvalue weighted by molar-refractivity contribution is 7.91. The molecule has 1 aromatic carbocycles. The lowest BCUT2D eigenvalue weighted by Crippen LogP contribution is -2.44. The Morgan fingerprint density at radius 1 is 1.42 bits per heavy atom. The van der Waals surface area contributed by atoms with E-state index < -0.39 is 33.9 Å². The third kappa shape index (κ3) is 4.18. The molecule has 0 radical (unpaired) electrons. The van der Waals surface area contributed by atoms with Crippen molar-refractivity contribution in [3.05, 3.63) is 28.8 Å². The first-order chi connectivity index (χ1) is 11.1. The van der Waals surface area contributed by atoms with Crippen LogP contribution in [0, 0.1) is 0 Å². The van der Waals surface area contributed by atoms with Gasteiger partial charge in [0.2, 0.25) is 0 Å². The predicted molar refractivity (Wildman–Crippen MR) is 87.8 cm³/mol. The second kappa shape index (κ2) is 6.98. The Morgan fingerprint density at radius 2 is 2.08 bits per heavy atom. The summed E-state index contributed by atoms with van der Waals surface area (Å²) in [6.07, 6.45) is -0.746. The minimum Gasteiger partial charge on any atom is -0.507 e. The number of ether oxygens (including phenoxy) is 1. The summed E-state index contributed by atoms with van der Waals surface area (Å²) in [5.74, 6) is -1.76. The van der Waals surface area contributed by atoms with Gasteiger partial charge in [0.05, 0.1) is 11.5 Å². The monoisotopic (exact) mass is 375 g/mol. The van der Waals surface area contributed by atoms with Crippen molar-refractivity contribution in [2.45, 2.75) is 25.5 Å². The number of phenols is 1. The molecule has 2 rings (SSSR count). The van der Waals surface area contributed by atoms with Gasteiger partial charge in [-0.25, -0.2) is 13.2 Å². The first-order valence-electron chi connectivity index (χ1n) is 7.27. The highest BCUT2D eigenvalue weighted by atomic mass is 35.5. The maximum absolute atomic E-state index is 12.3. The summed E-state index contributed by atoms with van der Waals surface area (Å²) >= 11 is 5.69. The molecule has 132 valence electrons. The molecule has 1 fully saturated rings. The van der Waals surface area contributed by atoms with Crippen LogP contribution in [0.1, 0.15) is 23.7 Å². The molecule has 1 aromatic rings. The molecule has 0 saturated carbocycles. The number of esters is 1. The molecular weight excluding hydrogens is 358 g/mol. The van der Waals surface area contributed by atoms with Crippen LogP contribution >= 0.6 is 11.6 Å². The van der Waals surface area contributed by atoms with Crippen LogP contribution in [0.5, 0.6) is 5.75 Å². The first kappa shape index (κ1) is 18.5. The lowest BCUT2D eigenvalue weighted by molar-refractivity contribution is -0.140. The van der Waals surface area contributed by atoms with Crippen molar-refractivity contribution < 1.29 is 27.9 Å². The van der Waals surface area contributed by atoms with Gasteiger partial charge in [-0.2, -0.15) is 0 Å². The smallest absolute Gasteiger partial charge is 0.342 e. The second-order valence-corrected chi connectivity index (χ2v) is 8.38. The van der Waals surface area contributed by atoms with Gasteiger partial charge in [-0.1, -0.05) is 11.6 Å². The zero-order chi connectivity index (χ0) is 18.1. The number of carbonyl (C=O) groups is 2. The van der Waals surface area contributed by atoms with E-state index in [1.54, 1.807) is 0 Å². The normalized spacial score (nSPS) is 20.4. The van der Waals surface area contributed by atoms with Crippen molar-refractivity contribution in [2.24, 2.45) is 0 Å². The van der Waals surface area contributed by atoms with Gasteiger partial charge in [-0.3, -0.25) is 4.79 Å². The molecule has 24 heavy (non-hydrogen) atoms. The van der Waals surface area contributed by atoms with Gasteiger partial charge in [0.1, 0.15) is 11.3 Å². The van der Waals surface area contributed by atoms with Crippen molar-refractivity contribution in [1.82, 2.24) is 4.90 Å². The van der Waals surface area contributed by atoms with E-state index in [1.807, 2.05) is 0 Å². The zero-order valence-electron chi connectivity index (χ0n) is 13.2. The Bertz CT molecular complexity index is 763. The van der Waals surface area contributed by atoms with E-state index in [9.17, 15) is 23.1 Å². The second-order valence-electron chi connectivity index (χ2n) is 5.72. The molecule has 7 nitrogen and oxygen atoms in total. The van der Waals surface area contributed by atoms with E-state index in [4.69, 9.17) is 16.3 Å². The van der Waals surface area contributed by atoms with Gasteiger partial charge in [-0.15, -0.1) is 0 Å². The number of amides is 1. The van der Waals surface area contributed by atoms with Gasteiger partial charge in [0.25, 0.3) is 5.91 Å². The number of rotatable bonds is 4. The Kier molecular flexibility index (Phi) is 5.39. The molecule has 1 aliphatic heterocycles. The molecule has 1 amide bonds. The molecule has 1 N–H and O–H groups in total. The van der Waals surface area contributed by atoms with Crippen LogP contribution in [0.25, 0.3) is 0 Å². The predicted octanol–water partition coefficient (Wildman–Crippen LogP) is 1.24.